The van der Waals surface area contributed by atoms with E-state index in [2.05, 4.69) is 19.2 Å². The zero-order valence-corrected chi connectivity index (χ0v) is 13.0. The Bertz CT molecular complexity index is 446. The number of carbonyl (C=O) groups excluding carboxylic acids is 1. The number of thiophene rings is 1. The van der Waals surface area contributed by atoms with Gasteiger partial charge in [0.15, 0.2) is 5.75 Å². The van der Waals surface area contributed by atoms with E-state index in [9.17, 15) is 4.79 Å². The molecule has 20 heavy (non-hydrogen) atoms. The molecule has 0 fully saturated rings. The zero-order valence-electron chi connectivity index (χ0n) is 12.2. The highest BCUT2D eigenvalue weighted by molar-refractivity contribution is 7.19. The summed E-state index contributed by atoms with van der Waals surface area (Å²) in [7, 11) is 1.51. The van der Waals surface area contributed by atoms with Crippen molar-refractivity contribution in [3.8, 4) is 5.75 Å². The maximum atomic E-state index is 11.2. The maximum Gasteiger partial charge on any atom is 0.261 e. The minimum atomic E-state index is -0.542. The lowest BCUT2D eigenvalue weighted by atomic mass is 10.2. The maximum absolute atomic E-state index is 11.2. The minimum Gasteiger partial charge on any atom is -0.492 e. The van der Waals surface area contributed by atoms with Gasteiger partial charge in [-0.05, 0) is 12.3 Å². The van der Waals surface area contributed by atoms with Crippen molar-refractivity contribution in [1.82, 2.24) is 0 Å². The fourth-order valence-electron chi connectivity index (χ4n) is 1.63. The standard InChI is InChI=1S/C13H23N3O3S/c1-8(2)7-19-6-4-5-16-13-10(18-3)9(14)11(20-13)12(15)17/h8,16H,4-7,14H2,1-3H3,(H2,15,17). The number of hydrogen-bond acceptors (Lipinski definition) is 6. The second kappa shape index (κ2) is 7.96. The summed E-state index contributed by atoms with van der Waals surface area (Å²) in [5.74, 6) is 0.476. The van der Waals surface area contributed by atoms with Gasteiger partial charge in [-0.1, -0.05) is 13.8 Å². The number of primary amides is 1. The Morgan fingerprint density at radius 3 is 2.70 bits per heavy atom. The van der Waals surface area contributed by atoms with Crippen LogP contribution in [0, 0.1) is 5.92 Å². The summed E-state index contributed by atoms with van der Waals surface area (Å²) in [5, 5.41) is 3.92. The van der Waals surface area contributed by atoms with Crippen molar-refractivity contribution in [2.75, 3.05) is 37.9 Å². The molecule has 0 aliphatic heterocycles. The van der Waals surface area contributed by atoms with Crippen LogP contribution in [0.1, 0.15) is 29.9 Å². The minimum absolute atomic E-state index is 0.295. The first-order chi connectivity index (χ1) is 9.47. The number of carbonyl (C=O) groups is 1. The molecule has 6 nitrogen and oxygen atoms in total. The van der Waals surface area contributed by atoms with Crippen LogP contribution in [0.15, 0.2) is 0 Å². The summed E-state index contributed by atoms with van der Waals surface area (Å²) in [6.07, 6.45) is 0.861. The Morgan fingerprint density at radius 2 is 2.15 bits per heavy atom. The molecule has 0 aromatic carbocycles. The third kappa shape index (κ3) is 4.57. The van der Waals surface area contributed by atoms with Crippen molar-refractivity contribution in [3.63, 3.8) is 0 Å². The van der Waals surface area contributed by atoms with Crippen molar-refractivity contribution in [2.45, 2.75) is 20.3 Å². The first-order valence-corrected chi connectivity index (χ1v) is 7.36. The normalized spacial score (nSPS) is 10.8. The van der Waals surface area contributed by atoms with E-state index in [1.165, 1.54) is 18.4 Å². The van der Waals surface area contributed by atoms with Gasteiger partial charge in [-0.2, -0.15) is 0 Å². The molecule has 1 rings (SSSR count). The fraction of sp³-hybridized carbons (Fsp3) is 0.615. The van der Waals surface area contributed by atoms with Gasteiger partial charge < -0.3 is 26.3 Å². The van der Waals surface area contributed by atoms with Crippen LogP contribution in [0.2, 0.25) is 0 Å². The predicted molar refractivity (Wildman–Crippen MR) is 82.6 cm³/mol. The molecule has 7 heteroatoms. The van der Waals surface area contributed by atoms with E-state index < -0.39 is 5.91 Å². The second-order valence-corrected chi connectivity index (χ2v) is 5.84. The molecule has 1 aromatic heterocycles. The highest BCUT2D eigenvalue weighted by atomic mass is 32.1. The Balaban J connectivity index is 2.47. The van der Waals surface area contributed by atoms with Gasteiger partial charge in [-0.3, -0.25) is 4.79 Å². The van der Waals surface area contributed by atoms with Crippen LogP contribution >= 0.6 is 11.3 Å². The van der Waals surface area contributed by atoms with Gasteiger partial charge in [0, 0.05) is 19.8 Å². The summed E-state index contributed by atoms with van der Waals surface area (Å²) in [5.41, 5.74) is 11.4. The first kappa shape index (κ1) is 16.6. The number of rotatable bonds is 9. The summed E-state index contributed by atoms with van der Waals surface area (Å²) in [6, 6.07) is 0. The van der Waals surface area contributed by atoms with Crippen LogP contribution in [0.25, 0.3) is 0 Å². The fourth-order valence-corrected chi connectivity index (χ4v) is 2.59. The highest BCUT2D eigenvalue weighted by Gasteiger charge is 2.19. The summed E-state index contributed by atoms with van der Waals surface area (Å²) in [6.45, 7) is 6.40. The van der Waals surface area contributed by atoms with E-state index in [-0.39, 0.29) is 0 Å². The van der Waals surface area contributed by atoms with E-state index in [0.717, 1.165) is 18.0 Å². The van der Waals surface area contributed by atoms with Gasteiger partial charge in [-0.15, -0.1) is 11.3 Å². The number of amides is 1. The zero-order chi connectivity index (χ0) is 15.1. The van der Waals surface area contributed by atoms with E-state index in [4.69, 9.17) is 20.9 Å². The first-order valence-electron chi connectivity index (χ1n) is 6.55. The molecule has 114 valence electrons. The van der Waals surface area contributed by atoms with Crippen LogP contribution in [-0.2, 0) is 4.74 Å². The lowest BCUT2D eigenvalue weighted by molar-refractivity contribution is 0.100. The topological polar surface area (TPSA) is 99.6 Å². The van der Waals surface area contributed by atoms with Gasteiger partial charge in [0.2, 0.25) is 0 Å². The third-order valence-electron chi connectivity index (χ3n) is 2.53. The molecule has 0 unspecified atom stereocenters. The van der Waals surface area contributed by atoms with Crippen molar-refractivity contribution < 1.29 is 14.3 Å². The summed E-state index contributed by atoms with van der Waals surface area (Å²) < 4.78 is 10.7. The van der Waals surface area contributed by atoms with Crippen LogP contribution < -0.4 is 21.5 Å². The number of hydrogen-bond donors (Lipinski definition) is 3. The molecular formula is C13H23N3O3S. The Kier molecular flexibility index (Phi) is 6.60. The van der Waals surface area contributed by atoms with Crippen LogP contribution in [0.3, 0.4) is 0 Å². The average molecular weight is 301 g/mol. The van der Waals surface area contributed by atoms with E-state index in [0.29, 0.717) is 35.4 Å². The average Bonchev–Trinajstić information content (AvgIpc) is 2.69. The van der Waals surface area contributed by atoms with Crippen LogP contribution in [0.4, 0.5) is 10.7 Å². The number of nitrogen functional groups attached to an aromatic ring is 1. The monoisotopic (exact) mass is 301 g/mol. The number of ether oxygens (including phenoxy) is 2. The second-order valence-electron chi connectivity index (χ2n) is 4.82. The predicted octanol–water partition coefficient (Wildman–Crippen LogP) is 1.91. The molecule has 1 amide bonds. The highest BCUT2D eigenvalue weighted by Crippen LogP contribution is 2.42. The Labute approximate surface area is 123 Å². The van der Waals surface area contributed by atoms with Gasteiger partial charge in [0.25, 0.3) is 5.91 Å². The van der Waals surface area contributed by atoms with Gasteiger partial charge in [-0.25, -0.2) is 0 Å². The van der Waals surface area contributed by atoms with E-state index >= 15 is 0 Å². The SMILES string of the molecule is COc1c(NCCCOCC(C)C)sc(C(N)=O)c1N. The molecule has 0 saturated heterocycles. The lowest BCUT2D eigenvalue weighted by Gasteiger charge is -2.08. The summed E-state index contributed by atoms with van der Waals surface area (Å²) >= 11 is 1.21. The van der Waals surface area contributed by atoms with Gasteiger partial charge >= 0.3 is 0 Å². The molecule has 1 aromatic rings. The smallest absolute Gasteiger partial charge is 0.261 e. The number of methoxy groups -OCH3 is 1. The molecule has 0 bridgehead atoms. The molecule has 0 aliphatic carbocycles. The van der Waals surface area contributed by atoms with Crippen molar-refractivity contribution in [2.24, 2.45) is 11.7 Å². The molecule has 0 atom stereocenters. The third-order valence-corrected chi connectivity index (χ3v) is 3.69. The number of nitrogens with one attached hydrogen (secondary N) is 1. The van der Waals surface area contributed by atoms with Crippen molar-refractivity contribution in [3.05, 3.63) is 4.88 Å². The Morgan fingerprint density at radius 1 is 1.45 bits per heavy atom. The van der Waals surface area contributed by atoms with E-state index in [1.54, 1.807) is 0 Å². The van der Waals surface area contributed by atoms with Crippen LogP contribution in [0.5, 0.6) is 5.75 Å². The van der Waals surface area contributed by atoms with Crippen molar-refractivity contribution >= 4 is 27.9 Å². The molecule has 0 saturated carbocycles. The van der Waals surface area contributed by atoms with E-state index in [1.807, 2.05) is 0 Å². The summed E-state index contributed by atoms with van der Waals surface area (Å²) in [4.78, 5) is 11.6. The molecule has 0 radical (unpaired) electrons. The molecule has 5 N–H and O–H groups in total. The molecule has 0 aliphatic rings. The molecule has 0 spiro atoms. The van der Waals surface area contributed by atoms with Crippen molar-refractivity contribution in [1.29, 1.82) is 0 Å². The van der Waals surface area contributed by atoms with Crippen LogP contribution in [-0.4, -0.2) is 32.8 Å². The largest absolute Gasteiger partial charge is 0.492 e. The quantitative estimate of drug-likeness (QED) is 0.605. The molecular weight excluding hydrogens is 278 g/mol. The Hall–Kier alpha value is -1.47. The van der Waals surface area contributed by atoms with Gasteiger partial charge in [0.1, 0.15) is 15.6 Å². The lowest BCUT2D eigenvalue weighted by Crippen LogP contribution is -2.10. The molecule has 1 heterocycles. The van der Waals surface area contributed by atoms with Gasteiger partial charge in [0.05, 0.1) is 7.11 Å². The number of nitrogens with two attached hydrogens (primary N) is 2. The number of anilines is 2.